The maximum absolute atomic E-state index is 13.1. The van der Waals surface area contributed by atoms with E-state index in [0.717, 1.165) is 11.4 Å². The van der Waals surface area contributed by atoms with Gasteiger partial charge in [0.05, 0.1) is 13.2 Å². The van der Waals surface area contributed by atoms with Gasteiger partial charge in [-0.2, -0.15) is 0 Å². The molecule has 0 spiro atoms. The van der Waals surface area contributed by atoms with Gasteiger partial charge in [0, 0.05) is 57.8 Å². The van der Waals surface area contributed by atoms with Crippen LogP contribution in [-0.4, -0.2) is 84.1 Å². The van der Waals surface area contributed by atoms with Crippen LogP contribution in [0.15, 0.2) is 36.4 Å². The fraction of sp³-hybridized carbons (Fsp3) is 0.429. The highest BCUT2D eigenvalue weighted by Crippen LogP contribution is 2.22. The molecule has 4 rings (SSSR count). The molecule has 0 bridgehead atoms. The Morgan fingerprint density at radius 3 is 2.24 bits per heavy atom. The van der Waals surface area contributed by atoms with Gasteiger partial charge in [0.25, 0.3) is 5.91 Å². The van der Waals surface area contributed by atoms with Crippen LogP contribution in [0.4, 0.5) is 5.82 Å². The van der Waals surface area contributed by atoms with Crippen LogP contribution in [0.5, 0.6) is 0 Å². The number of ether oxygens (including phenoxy) is 1. The topological polar surface area (TPSA) is 78.9 Å². The first-order valence-electron chi connectivity index (χ1n) is 9.94. The molecule has 152 valence electrons. The molecule has 0 radical (unpaired) electrons. The lowest BCUT2D eigenvalue weighted by atomic mass is 10.2. The van der Waals surface area contributed by atoms with E-state index in [1.54, 1.807) is 17.9 Å². The fourth-order valence-electron chi connectivity index (χ4n) is 3.60. The zero-order valence-electron chi connectivity index (χ0n) is 16.6. The van der Waals surface area contributed by atoms with Crippen LogP contribution in [0, 0.1) is 0 Å². The maximum Gasteiger partial charge on any atom is 0.272 e. The summed E-state index contributed by atoms with van der Waals surface area (Å²) < 4.78 is 5.36. The molecule has 3 heterocycles. The summed E-state index contributed by atoms with van der Waals surface area (Å²) in [6, 6.07) is 11.5. The highest BCUT2D eigenvalue weighted by Gasteiger charge is 2.25. The van der Waals surface area contributed by atoms with E-state index in [-0.39, 0.29) is 11.8 Å². The van der Waals surface area contributed by atoms with Crippen molar-refractivity contribution in [1.82, 2.24) is 19.8 Å². The van der Waals surface area contributed by atoms with Crippen molar-refractivity contribution in [3.8, 4) is 11.4 Å². The largest absolute Gasteiger partial charge is 0.378 e. The van der Waals surface area contributed by atoms with Gasteiger partial charge in [-0.15, -0.1) is 0 Å². The molecule has 8 heteroatoms. The number of hydrogen-bond acceptors (Lipinski definition) is 6. The van der Waals surface area contributed by atoms with E-state index in [1.807, 2.05) is 35.2 Å². The van der Waals surface area contributed by atoms with E-state index >= 15 is 0 Å². The maximum atomic E-state index is 13.1. The van der Waals surface area contributed by atoms with Gasteiger partial charge in [0.15, 0.2) is 5.82 Å². The Morgan fingerprint density at radius 1 is 0.897 bits per heavy atom. The molecule has 0 aliphatic carbocycles. The molecular formula is C21H25N5O3. The Morgan fingerprint density at radius 2 is 1.59 bits per heavy atom. The van der Waals surface area contributed by atoms with Crippen molar-refractivity contribution < 1.29 is 14.3 Å². The van der Waals surface area contributed by atoms with Crippen molar-refractivity contribution in [3.05, 3.63) is 42.1 Å². The second-order valence-electron chi connectivity index (χ2n) is 7.20. The standard InChI is InChI=1S/C21H25N5O3/c1-16(27)24-7-9-25(10-8-24)19-15-18(21(28)26-11-13-29-14-12-26)22-20(23-19)17-5-3-2-4-6-17/h2-6,15H,7-14H2,1H3. The van der Waals surface area contributed by atoms with Gasteiger partial charge in [-0.3, -0.25) is 9.59 Å². The Hall–Kier alpha value is -3.00. The molecule has 0 N–H and O–H groups in total. The average molecular weight is 395 g/mol. The van der Waals surface area contributed by atoms with E-state index in [2.05, 4.69) is 9.88 Å². The number of morpholine rings is 1. The van der Waals surface area contributed by atoms with Crippen molar-refractivity contribution in [2.45, 2.75) is 6.92 Å². The molecule has 1 aromatic carbocycles. The summed E-state index contributed by atoms with van der Waals surface area (Å²) in [5.74, 6) is 1.24. The summed E-state index contributed by atoms with van der Waals surface area (Å²) >= 11 is 0. The number of amides is 2. The molecule has 1 aromatic heterocycles. The summed E-state index contributed by atoms with van der Waals surface area (Å²) in [5, 5.41) is 0. The lowest BCUT2D eigenvalue weighted by Crippen LogP contribution is -2.48. The van der Waals surface area contributed by atoms with E-state index < -0.39 is 0 Å². The second-order valence-corrected chi connectivity index (χ2v) is 7.20. The molecule has 0 atom stereocenters. The number of piperazine rings is 1. The summed E-state index contributed by atoms with van der Waals surface area (Å²) in [6.07, 6.45) is 0. The Bertz CT molecular complexity index is 875. The molecule has 29 heavy (non-hydrogen) atoms. The van der Waals surface area contributed by atoms with Crippen molar-refractivity contribution in [3.63, 3.8) is 0 Å². The minimum atomic E-state index is -0.100. The molecule has 8 nitrogen and oxygen atoms in total. The van der Waals surface area contributed by atoms with Crippen LogP contribution in [0.1, 0.15) is 17.4 Å². The first-order valence-corrected chi connectivity index (χ1v) is 9.94. The lowest BCUT2D eigenvalue weighted by molar-refractivity contribution is -0.129. The van der Waals surface area contributed by atoms with Crippen LogP contribution in [-0.2, 0) is 9.53 Å². The molecule has 2 fully saturated rings. The van der Waals surface area contributed by atoms with Gasteiger partial charge in [-0.1, -0.05) is 30.3 Å². The predicted molar refractivity (Wildman–Crippen MR) is 109 cm³/mol. The third-order valence-electron chi connectivity index (χ3n) is 5.31. The molecule has 2 amide bonds. The number of hydrogen-bond donors (Lipinski definition) is 0. The molecule has 0 unspecified atom stereocenters. The molecule has 0 saturated carbocycles. The van der Waals surface area contributed by atoms with Gasteiger partial charge in [0.2, 0.25) is 5.91 Å². The number of rotatable bonds is 3. The third kappa shape index (κ3) is 4.37. The van der Waals surface area contributed by atoms with Crippen molar-refractivity contribution in [1.29, 1.82) is 0 Å². The summed E-state index contributed by atoms with van der Waals surface area (Å²) in [6.45, 7) is 6.45. The molecule has 2 aliphatic rings. The smallest absolute Gasteiger partial charge is 0.272 e. The van der Waals surface area contributed by atoms with Crippen LogP contribution < -0.4 is 4.90 Å². The van der Waals surface area contributed by atoms with E-state index in [0.29, 0.717) is 64.0 Å². The number of benzene rings is 1. The van der Waals surface area contributed by atoms with Crippen LogP contribution in [0.2, 0.25) is 0 Å². The fourth-order valence-corrected chi connectivity index (χ4v) is 3.60. The minimum absolute atomic E-state index is 0.0838. The number of anilines is 1. The first kappa shape index (κ1) is 19.3. The van der Waals surface area contributed by atoms with Crippen LogP contribution in [0.25, 0.3) is 11.4 Å². The van der Waals surface area contributed by atoms with Crippen LogP contribution >= 0.6 is 0 Å². The highest BCUT2D eigenvalue weighted by atomic mass is 16.5. The summed E-state index contributed by atoms with van der Waals surface area (Å²) in [7, 11) is 0. The normalized spacial score (nSPS) is 17.3. The number of carbonyl (C=O) groups excluding carboxylic acids is 2. The predicted octanol–water partition coefficient (Wildman–Crippen LogP) is 1.28. The van der Waals surface area contributed by atoms with Gasteiger partial charge in [0.1, 0.15) is 11.5 Å². The first-order chi connectivity index (χ1) is 14.1. The summed E-state index contributed by atoms with van der Waals surface area (Å²) in [5.41, 5.74) is 1.26. The number of nitrogens with zero attached hydrogens (tertiary/aromatic N) is 5. The van der Waals surface area contributed by atoms with Gasteiger partial charge in [-0.25, -0.2) is 9.97 Å². The molecule has 2 aromatic rings. The molecule has 2 saturated heterocycles. The van der Waals surface area contributed by atoms with Crippen molar-refractivity contribution in [2.75, 3.05) is 57.4 Å². The van der Waals surface area contributed by atoms with Crippen molar-refractivity contribution >= 4 is 17.6 Å². The SMILES string of the molecule is CC(=O)N1CCN(c2cc(C(=O)N3CCOCC3)nc(-c3ccccc3)n2)CC1. The van der Waals surface area contributed by atoms with Gasteiger partial charge in [-0.05, 0) is 0 Å². The van der Waals surface area contributed by atoms with Gasteiger partial charge >= 0.3 is 0 Å². The minimum Gasteiger partial charge on any atom is -0.378 e. The third-order valence-corrected chi connectivity index (χ3v) is 5.31. The molecule has 2 aliphatic heterocycles. The van der Waals surface area contributed by atoms with Crippen LogP contribution in [0.3, 0.4) is 0 Å². The van der Waals surface area contributed by atoms with Gasteiger partial charge < -0.3 is 19.4 Å². The van der Waals surface area contributed by atoms with Crippen molar-refractivity contribution in [2.24, 2.45) is 0 Å². The second kappa shape index (κ2) is 8.57. The number of aromatic nitrogens is 2. The average Bonchev–Trinajstić information content (AvgIpc) is 2.79. The molecular weight excluding hydrogens is 370 g/mol. The Kier molecular flexibility index (Phi) is 5.71. The zero-order valence-corrected chi connectivity index (χ0v) is 16.6. The Labute approximate surface area is 170 Å². The van der Waals surface area contributed by atoms with E-state index in [1.165, 1.54) is 0 Å². The zero-order chi connectivity index (χ0) is 20.2. The quantitative estimate of drug-likeness (QED) is 0.779. The monoisotopic (exact) mass is 395 g/mol. The Balaban J connectivity index is 1.65. The van der Waals surface area contributed by atoms with E-state index in [9.17, 15) is 9.59 Å². The lowest BCUT2D eigenvalue weighted by Gasteiger charge is -2.35. The highest BCUT2D eigenvalue weighted by molar-refractivity contribution is 5.93. The van der Waals surface area contributed by atoms with E-state index in [4.69, 9.17) is 9.72 Å². The summed E-state index contributed by atoms with van der Waals surface area (Å²) in [4.78, 5) is 39.7. The number of carbonyl (C=O) groups is 2.